The highest BCUT2D eigenvalue weighted by Crippen LogP contribution is 2.35. The van der Waals surface area contributed by atoms with Crippen LogP contribution in [0.1, 0.15) is 22.8 Å². The molecule has 1 heterocycles. The number of benzene rings is 1. The molecule has 0 saturated carbocycles. The van der Waals surface area contributed by atoms with Gasteiger partial charge >= 0.3 is 0 Å². The van der Waals surface area contributed by atoms with E-state index in [0.29, 0.717) is 12.4 Å². The lowest BCUT2D eigenvalue weighted by molar-refractivity contribution is 0.413. The molecular formula is C14H18N2O2. The fraction of sp³-hybridized carbons (Fsp3) is 0.357. The zero-order valence-electron chi connectivity index (χ0n) is 11.2. The first kappa shape index (κ1) is 12.6. The van der Waals surface area contributed by atoms with E-state index in [-0.39, 0.29) is 0 Å². The van der Waals surface area contributed by atoms with Crippen molar-refractivity contribution in [2.24, 2.45) is 5.73 Å². The Morgan fingerprint density at radius 2 is 2.00 bits per heavy atom. The number of aromatic nitrogens is 1. The summed E-state index contributed by atoms with van der Waals surface area (Å²) < 4.78 is 11.0. The second kappa shape index (κ2) is 4.82. The molecule has 0 saturated heterocycles. The van der Waals surface area contributed by atoms with E-state index in [1.807, 2.05) is 13.8 Å². The number of nitrogens with zero attached hydrogens (tertiary/aromatic N) is 1. The molecule has 1 aromatic carbocycles. The molecule has 0 radical (unpaired) electrons. The second-order valence-electron chi connectivity index (χ2n) is 4.38. The number of hydrogen-bond acceptors (Lipinski definition) is 4. The van der Waals surface area contributed by atoms with Gasteiger partial charge in [0.05, 0.1) is 13.7 Å². The van der Waals surface area contributed by atoms with Crippen LogP contribution in [0.2, 0.25) is 0 Å². The lowest BCUT2D eigenvalue weighted by Gasteiger charge is -2.11. The Hall–Kier alpha value is -1.81. The minimum atomic E-state index is 0.300. The van der Waals surface area contributed by atoms with Gasteiger partial charge in [0.2, 0.25) is 5.89 Å². The van der Waals surface area contributed by atoms with Crippen molar-refractivity contribution >= 4 is 0 Å². The summed E-state index contributed by atoms with van der Waals surface area (Å²) in [5, 5.41) is 0. The fourth-order valence-corrected chi connectivity index (χ4v) is 2.19. The molecule has 0 bridgehead atoms. The van der Waals surface area contributed by atoms with Crippen molar-refractivity contribution in [2.45, 2.75) is 27.3 Å². The number of oxazole rings is 1. The number of aryl methyl sites for hydroxylation is 3. The molecule has 2 N–H and O–H groups in total. The Balaban J connectivity index is 2.65. The third-order valence-electron chi connectivity index (χ3n) is 2.89. The van der Waals surface area contributed by atoms with E-state index >= 15 is 0 Å². The maximum atomic E-state index is 5.55. The van der Waals surface area contributed by atoms with Gasteiger partial charge in [-0.1, -0.05) is 6.07 Å². The molecule has 2 aromatic rings. The lowest BCUT2D eigenvalue weighted by Crippen LogP contribution is -1.97. The number of ether oxygens (including phenoxy) is 1. The van der Waals surface area contributed by atoms with Gasteiger partial charge in [-0.3, -0.25) is 0 Å². The first-order chi connectivity index (χ1) is 8.56. The predicted molar refractivity (Wildman–Crippen MR) is 70.6 cm³/mol. The van der Waals surface area contributed by atoms with Gasteiger partial charge in [-0.25, -0.2) is 4.98 Å². The molecule has 0 unspecified atom stereocenters. The van der Waals surface area contributed by atoms with E-state index in [9.17, 15) is 0 Å². The van der Waals surface area contributed by atoms with Gasteiger partial charge in [-0.2, -0.15) is 0 Å². The predicted octanol–water partition coefficient (Wildman–Crippen LogP) is 2.73. The van der Waals surface area contributed by atoms with E-state index in [4.69, 9.17) is 14.9 Å². The Bertz CT molecular complexity index is 573. The molecule has 0 spiro atoms. The average molecular weight is 246 g/mol. The van der Waals surface area contributed by atoms with Gasteiger partial charge in [0.25, 0.3) is 0 Å². The molecule has 0 aliphatic carbocycles. The third kappa shape index (κ3) is 2.11. The minimum absolute atomic E-state index is 0.300. The lowest BCUT2D eigenvalue weighted by atomic mass is 10.0. The summed E-state index contributed by atoms with van der Waals surface area (Å²) in [5.74, 6) is 2.14. The minimum Gasteiger partial charge on any atom is -0.496 e. The maximum absolute atomic E-state index is 5.55. The molecule has 0 aliphatic rings. The van der Waals surface area contributed by atoms with Crippen LogP contribution in [0.5, 0.6) is 5.75 Å². The molecule has 18 heavy (non-hydrogen) atoms. The summed E-state index contributed by atoms with van der Waals surface area (Å²) in [6.45, 7) is 6.26. The van der Waals surface area contributed by atoms with Crippen LogP contribution in [0, 0.1) is 20.8 Å². The molecular weight excluding hydrogens is 228 g/mol. The molecule has 2 rings (SSSR count). The van der Waals surface area contributed by atoms with E-state index < -0.39 is 0 Å². The summed E-state index contributed by atoms with van der Waals surface area (Å²) in [5.41, 5.74) is 9.57. The molecule has 4 nitrogen and oxygen atoms in total. The number of hydrogen-bond donors (Lipinski definition) is 1. The molecule has 0 aliphatic heterocycles. The zero-order valence-corrected chi connectivity index (χ0v) is 11.2. The van der Waals surface area contributed by atoms with E-state index in [1.165, 1.54) is 5.56 Å². The first-order valence-corrected chi connectivity index (χ1v) is 5.88. The van der Waals surface area contributed by atoms with Crippen LogP contribution >= 0.6 is 0 Å². The molecule has 4 heteroatoms. The SMILES string of the molecule is COc1c(C)cc(C)cc1-c1nc(CN)oc1C. The average Bonchev–Trinajstić information content (AvgIpc) is 2.69. The zero-order chi connectivity index (χ0) is 13.3. The standard InChI is InChI=1S/C14H18N2O2/c1-8-5-9(2)14(17-4)11(6-8)13-10(3)18-12(7-15)16-13/h5-6H,7,15H2,1-4H3. The summed E-state index contributed by atoms with van der Waals surface area (Å²) in [6, 6.07) is 4.14. The largest absolute Gasteiger partial charge is 0.496 e. The van der Waals surface area contributed by atoms with Crippen molar-refractivity contribution in [3.8, 4) is 17.0 Å². The topological polar surface area (TPSA) is 61.3 Å². The third-order valence-corrected chi connectivity index (χ3v) is 2.89. The monoisotopic (exact) mass is 246 g/mol. The van der Waals surface area contributed by atoms with Crippen LogP contribution in [0.4, 0.5) is 0 Å². The normalized spacial score (nSPS) is 10.7. The van der Waals surface area contributed by atoms with E-state index in [1.54, 1.807) is 7.11 Å². The Labute approximate surface area is 107 Å². The van der Waals surface area contributed by atoms with Crippen molar-refractivity contribution in [3.05, 3.63) is 34.9 Å². The van der Waals surface area contributed by atoms with Crippen molar-refractivity contribution in [1.82, 2.24) is 4.98 Å². The van der Waals surface area contributed by atoms with Crippen molar-refractivity contribution < 1.29 is 9.15 Å². The van der Waals surface area contributed by atoms with Crippen LogP contribution in [0.25, 0.3) is 11.3 Å². The summed E-state index contributed by atoms with van der Waals surface area (Å²) in [6.07, 6.45) is 0. The highest BCUT2D eigenvalue weighted by molar-refractivity contribution is 5.71. The van der Waals surface area contributed by atoms with Gasteiger partial charge < -0.3 is 14.9 Å². The Morgan fingerprint density at radius 1 is 1.28 bits per heavy atom. The quantitative estimate of drug-likeness (QED) is 0.904. The maximum Gasteiger partial charge on any atom is 0.208 e. The molecule has 1 aromatic heterocycles. The molecule has 0 atom stereocenters. The van der Waals surface area contributed by atoms with Crippen LogP contribution in [-0.2, 0) is 6.54 Å². The van der Waals surface area contributed by atoms with Crippen LogP contribution < -0.4 is 10.5 Å². The second-order valence-corrected chi connectivity index (χ2v) is 4.38. The van der Waals surface area contributed by atoms with Crippen LogP contribution in [0.15, 0.2) is 16.5 Å². The highest BCUT2D eigenvalue weighted by Gasteiger charge is 2.16. The van der Waals surface area contributed by atoms with Crippen molar-refractivity contribution in [2.75, 3.05) is 7.11 Å². The van der Waals surface area contributed by atoms with Gasteiger partial charge in [0, 0.05) is 5.56 Å². The summed E-state index contributed by atoms with van der Waals surface area (Å²) >= 11 is 0. The van der Waals surface area contributed by atoms with Crippen LogP contribution in [-0.4, -0.2) is 12.1 Å². The smallest absolute Gasteiger partial charge is 0.208 e. The van der Waals surface area contributed by atoms with Gasteiger partial charge in [0.1, 0.15) is 17.2 Å². The van der Waals surface area contributed by atoms with E-state index in [2.05, 4.69) is 24.0 Å². The summed E-state index contributed by atoms with van der Waals surface area (Å²) in [7, 11) is 1.67. The number of nitrogens with two attached hydrogens (primary N) is 1. The van der Waals surface area contributed by atoms with Crippen molar-refractivity contribution in [3.63, 3.8) is 0 Å². The van der Waals surface area contributed by atoms with Gasteiger partial charge in [-0.05, 0) is 38.0 Å². The van der Waals surface area contributed by atoms with E-state index in [0.717, 1.165) is 28.3 Å². The van der Waals surface area contributed by atoms with Gasteiger partial charge in [-0.15, -0.1) is 0 Å². The molecule has 0 amide bonds. The van der Waals surface area contributed by atoms with Gasteiger partial charge in [0.15, 0.2) is 0 Å². The molecule has 0 fully saturated rings. The van der Waals surface area contributed by atoms with Crippen molar-refractivity contribution in [1.29, 1.82) is 0 Å². The van der Waals surface area contributed by atoms with Crippen LogP contribution in [0.3, 0.4) is 0 Å². The first-order valence-electron chi connectivity index (χ1n) is 5.88. The molecule has 96 valence electrons. The summed E-state index contributed by atoms with van der Waals surface area (Å²) in [4.78, 5) is 4.42. The highest BCUT2D eigenvalue weighted by atomic mass is 16.5. The Kier molecular flexibility index (Phi) is 3.39. The number of methoxy groups -OCH3 is 1. The Morgan fingerprint density at radius 3 is 2.56 bits per heavy atom. The fourth-order valence-electron chi connectivity index (χ4n) is 2.19. The number of rotatable bonds is 3.